The molecule has 1 unspecified atom stereocenters. The summed E-state index contributed by atoms with van der Waals surface area (Å²) in [5.41, 5.74) is 3.78. The predicted octanol–water partition coefficient (Wildman–Crippen LogP) is 4.28. The lowest BCUT2D eigenvalue weighted by atomic mass is 10.0. The average molecular weight is 460 g/mol. The van der Waals surface area contributed by atoms with Crippen LogP contribution in [0.3, 0.4) is 0 Å². The Labute approximate surface area is 198 Å². The first-order chi connectivity index (χ1) is 16.2. The maximum absolute atomic E-state index is 13.7. The van der Waals surface area contributed by atoms with Gasteiger partial charge in [-0.25, -0.2) is 9.29 Å². The number of carbonyl (C=O) groups excluding carboxylic acids is 3. The minimum Gasteiger partial charge on any atom is -0.350 e. The summed E-state index contributed by atoms with van der Waals surface area (Å²) in [6.07, 6.45) is 0. The second-order valence-electron chi connectivity index (χ2n) is 8.74. The second-order valence-corrected chi connectivity index (χ2v) is 8.74. The highest BCUT2D eigenvalue weighted by Crippen LogP contribution is 2.32. The molecular weight excluding hydrogens is 433 g/mol. The number of hydrogen-bond acceptors (Lipinski definition) is 4. The van der Waals surface area contributed by atoms with Crippen molar-refractivity contribution in [3.63, 3.8) is 0 Å². The maximum Gasteiger partial charge on any atom is 0.266 e. The number of likely N-dealkylation sites (N-methyl/N-ethyl adjacent to an activating group) is 1. The second kappa shape index (κ2) is 9.19. The van der Waals surface area contributed by atoms with Gasteiger partial charge in [-0.3, -0.25) is 14.4 Å². The molecule has 1 heterocycles. The van der Waals surface area contributed by atoms with Crippen LogP contribution in [-0.4, -0.2) is 43.3 Å². The Kier molecular flexibility index (Phi) is 6.30. The molecule has 1 aliphatic rings. The largest absolute Gasteiger partial charge is 0.350 e. The Morgan fingerprint density at radius 1 is 0.971 bits per heavy atom. The van der Waals surface area contributed by atoms with Gasteiger partial charge in [0.25, 0.3) is 17.7 Å². The SMILES string of the molecule is Cc1ccc(C)c(N2C(=O)c3ccc(C(=O)NCC(c4cccc(F)c4)N(C)C)cc3C2=O)c1. The number of anilines is 1. The number of carbonyl (C=O) groups is 3. The van der Waals surface area contributed by atoms with Crippen molar-refractivity contribution in [2.45, 2.75) is 19.9 Å². The average Bonchev–Trinajstić information content (AvgIpc) is 3.04. The summed E-state index contributed by atoms with van der Waals surface area (Å²) in [7, 11) is 3.70. The van der Waals surface area contributed by atoms with Gasteiger partial charge in [0.1, 0.15) is 5.82 Å². The van der Waals surface area contributed by atoms with Gasteiger partial charge in [0.2, 0.25) is 0 Å². The van der Waals surface area contributed by atoms with Crippen LogP contribution >= 0.6 is 0 Å². The van der Waals surface area contributed by atoms with E-state index in [4.69, 9.17) is 0 Å². The summed E-state index contributed by atoms with van der Waals surface area (Å²) in [6.45, 7) is 3.99. The predicted molar refractivity (Wildman–Crippen MR) is 129 cm³/mol. The van der Waals surface area contributed by atoms with Crippen molar-refractivity contribution in [2.75, 3.05) is 25.5 Å². The summed E-state index contributed by atoms with van der Waals surface area (Å²) in [6, 6.07) is 16.1. The molecule has 0 fully saturated rings. The van der Waals surface area contributed by atoms with Crippen molar-refractivity contribution in [2.24, 2.45) is 0 Å². The molecule has 1 aliphatic heterocycles. The van der Waals surface area contributed by atoms with Crippen molar-refractivity contribution in [3.05, 3.63) is 99.9 Å². The molecule has 0 saturated heterocycles. The van der Waals surface area contributed by atoms with Gasteiger partial charge in [0.15, 0.2) is 0 Å². The van der Waals surface area contributed by atoms with Gasteiger partial charge in [-0.05, 0) is 81.0 Å². The molecule has 0 bridgehead atoms. The Bertz CT molecular complexity index is 1300. The number of aryl methyl sites for hydroxylation is 2. The summed E-state index contributed by atoms with van der Waals surface area (Å²) >= 11 is 0. The molecule has 0 radical (unpaired) electrons. The number of rotatable bonds is 6. The smallest absolute Gasteiger partial charge is 0.266 e. The number of imide groups is 1. The van der Waals surface area contributed by atoms with Crippen LogP contribution in [0.25, 0.3) is 0 Å². The Morgan fingerprint density at radius 2 is 1.71 bits per heavy atom. The molecule has 3 aromatic rings. The lowest BCUT2D eigenvalue weighted by Crippen LogP contribution is -2.34. The Morgan fingerprint density at radius 3 is 2.41 bits per heavy atom. The van der Waals surface area contributed by atoms with Crippen molar-refractivity contribution >= 4 is 23.4 Å². The van der Waals surface area contributed by atoms with Crippen molar-refractivity contribution < 1.29 is 18.8 Å². The maximum atomic E-state index is 13.7. The highest BCUT2D eigenvalue weighted by Gasteiger charge is 2.37. The molecule has 3 aromatic carbocycles. The van der Waals surface area contributed by atoms with E-state index in [0.29, 0.717) is 5.69 Å². The zero-order chi connectivity index (χ0) is 24.6. The number of nitrogens with one attached hydrogen (secondary N) is 1. The normalized spacial score (nSPS) is 13.9. The van der Waals surface area contributed by atoms with E-state index in [2.05, 4.69) is 5.32 Å². The summed E-state index contributed by atoms with van der Waals surface area (Å²) in [5, 5.41) is 2.86. The fourth-order valence-corrected chi connectivity index (χ4v) is 4.17. The molecule has 0 aliphatic carbocycles. The van der Waals surface area contributed by atoms with Gasteiger partial charge < -0.3 is 10.2 Å². The molecule has 0 spiro atoms. The summed E-state index contributed by atoms with van der Waals surface area (Å²) in [4.78, 5) is 42.1. The number of fused-ring (bicyclic) bond motifs is 1. The van der Waals surface area contributed by atoms with Crippen LogP contribution < -0.4 is 10.2 Å². The van der Waals surface area contributed by atoms with E-state index in [0.717, 1.165) is 16.7 Å². The number of nitrogens with zero attached hydrogens (tertiary/aromatic N) is 2. The topological polar surface area (TPSA) is 69.7 Å². The number of hydrogen-bond donors (Lipinski definition) is 1. The minimum absolute atomic E-state index is 0.202. The van der Waals surface area contributed by atoms with E-state index >= 15 is 0 Å². The lowest BCUT2D eigenvalue weighted by Gasteiger charge is -2.25. The van der Waals surface area contributed by atoms with Crippen LogP contribution in [-0.2, 0) is 0 Å². The summed E-state index contributed by atoms with van der Waals surface area (Å²) in [5.74, 6) is -1.57. The van der Waals surface area contributed by atoms with E-state index in [9.17, 15) is 18.8 Å². The van der Waals surface area contributed by atoms with E-state index in [1.54, 1.807) is 24.3 Å². The van der Waals surface area contributed by atoms with Crippen LogP contribution in [0.1, 0.15) is 53.8 Å². The van der Waals surface area contributed by atoms with Crippen LogP contribution in [0.15, 0.2) is 60.7 Å². The van der Waals surface area contributed by atoms with E-state index in [1.807, 2.05) is 45.0 Å². The molecule has 174 valence electrons. The molecule has 7 heteroatoms. The van der Waals surface area contributed by atoms with Gasteiger partial charge in [-0.1, -0.05) is 24.3 Å². The van der Waals surface area contributed by atoms with Crippen LogP contribution in [0.5, 0.6) is 0 Å². The highest BCUT2D eigenvalue weighted by atomic mass is 19.1. The third-order valence-electron chi connectivity index (χ3n) is 6.07. The van der Waals surface area contributed by atoms with Crippen molar-refractivity contribution in [3.8, 4) is 0 Å². The van der Waals surface area contributed by atoms with Crippen LogP contribution in [0.2, 0.25) is 0 Å². The molecule has 6 nitrogen and oxygen atoms in total. The van der Waals surface area contributed by atoms with Crippen molar-refractivity contribution in [1.29, 1.82) is 0 Å². The van der Waals surface area contributed by atoms with Gasteiger partial charge in [0.05, 0.1) is 22.9 Å². The Hall–Kier alpha value is -3.84. The minimum atomic E-state index is -0.450. The first kappa shape index (κ1) is 23.3. The lowest BCUT2D eigenvalue weighted by molar-refractivity contribution is 0.0922. The monoisotopic (exact) mass is 459 g/mol. The standard InChI is InChI=1S/C27H26FN3O3/c1-16-8-9-17(2)23(12-16)31-26(33)21-11-10-19(14-22(21)27(31)34)25(32)29-15-24(30(3)4)18-6-5-7-20(28)13-18/h5-14,24H,15H2,1-4H3,(H,29,32). The number of benzene rings is 3. The summed E-state index contributed by atoms with van der Waals surface area (Å²) < 4.78 is 13.7. The molecule has 0 aromatic heterocycles. The molecule has 34 heavy (non-hydrogen) atoms. The molecule has 0 saturated carbocycles. The van der Waals surface area contributed by atoms with Gasteiger partial charge in [-0.2, -0.15) is 0 Å². The fraction of sp³-hybridized carbons (Fsp3) is 0.222. The highest BCUT2D eigenvalue weighted by molar-refractivity contribution is 6.35. The van der Waals surface area contributed by atoms with E-state index in [-0.39, 0.29) is 41.0 Å². The first-order valence-corrected chi connectivity index (χ1v) is 11.0. The zero-order valence-corrected chi connectivity index (χ0v) is 19.6. The third-order valence-corrected chi connectivity index (χ3v) is 6.07. The quantitative estimate of drug-likeness (QED) is 0.559. The van der Waals surface area contributed by atoms with Gasteiger partial charge in [-0.15, -0.1) is 0 Å². The van der Waals surface area contributed by atoms with Gasteiger partial charge >= 0.3 is 0 Å². The zero-order valence-electron chi connectivity index (χ0n) is 19.6. The molecule has 4 rings (SSSR count). The molecule has 1 atom stereocenters. The van der Waals surface area contributed by atoms with E-state index < -0.39 is 11.8 Å². The van der Waals surface area contributed by atoms with Crippen molar-refractivity contribution in [1.82, 2.24) is 10.2 Å². The molecule has 1 N–H and O–H groups in total. The van der Waals surface area contributed by atoms with Crippen LogP contribution in [0, 0.1) is 19.7 Å². The number of halogens is 1. The number of amides is 3. The van der Waals surface area contributed by atoms with Crippen LogP contribution in [0.4, 0.5) is 10.1 Å². The third kappa shape index (κ3) is 4.34. The van der Waals surface area contributed by atoms with E-state index in [1.165, 1.54) is 29.2 Å². The molecule has 3 amide bonds. The van der Waals surface area contributed by atoms with Gasteiger partial charge in [0, 0.05) is 12.1 Å². The fourth-order valence-electron chi connectivity index (χ4n) is 4.17. The molecular formula is C27H26FN3O3. The Balaban J connectivity index is 1.55. The first-order valence-electron chi connectivity index (χ1n) is 11.0.